The van der Waals surface area contributed by atoms with Crippen LogP contribution in [0.2, 0.25) is 0 Å². The van der Waals surface area contributed by atoms with E-state index in [2.05, 4.69) is 69.2 Å². The third-order valence-corrected chi connectivity index (χ3v) is 6.34. The molecule has 0 aliphatic heterocycles. The van der Waals surface area contributed by atoms with E-state index in [1.54, 1.807) is 11.8 Å². The fourth-order valence-corrected chi connectivity index (χ4v) is 4.39. The van der Waals surface area contributed by atoms with Gasteiger partial charge in [-0.15, -0.1) is 10.2 Å². The second-order valence-corrected chi connectivity index (χ2v) is 11.7. The van der Waals surface area contributed by atoms with Gasteiger partial charge in [0.25, 0.3) is 0 Å². The molecule has 2 aromatic rings. The number of benzene rings is 1. The van der Waals surface area contributed by atoms with Crippen LogP contribution in [0.4, 0.5) is 5.13 Å². The third kappa shape index (κ3) is 7.00. The van der Waals surface area contributed by atoms with Gasteiger partial charge in [0.15, 0.2) is 0 Å². The van der Waals surface area contributed by atoms with Gasteiger partial charge in [-0.3, -0.25) is 10.1 Å². The molecule has 1 aromatic carbocycles. The Labute approximate surface area is 182 Å². The third-order valence-electron chi connectivity index (χ3n) is 4.55. The summed E-state index contributed by atoms with van der Waals surface area (Å²) in [6.45, 7) is 14.6. The van der Waals surface area contributed by atoms with Gasteiger partial charge in [0, 0.05) is 0 Å². The number of rotatable bonds is 7. The van der Waals surface area contributed by atoms with Crippen molar-refractivity contribution < 1.29 is 9.90 Å². The molecule has 0 atom stereocenters. The zero-order chi connectivity index (χ0) is 21.8. The molecule has 0 aliphatic carbocycles. The molecule has 0 radical (unpaired) electrons. The minimum atomic E-state index is -0.115. The van der Waals surface area contributed by atoms with Crippen LogP contribution in [-0.4, -0.2) is 32.7 Å². The highest BCUT2D eigenvalue weighted by molar-refractivity contribution is 7.99. The maximum Gasteiger partial charge on any atom is 0.236 e. The fraction of sp³-hybridized carbons (Fsp3) is 0.591. The van der Waals surface area contributed by atoms with E-state index < -0.39 is 0 Å². The highest BCUT2D eigenvalue weighted by Gasteiger charge is 2.26. The topological polar surface area (TPSA) is 75.1 Å². The van der Waals surface area contributed by atoms with Crippen molar-refractivity contribution in [3.8, 4) is 5.75 Å². The van der Waals surface area contributed by atoms with Crippen molar-refractivity contribution in [2.24, 2.45) is 0 Å². The van der Waals surface area contributed by atoms with Crippen molar-refractivity contribution >= 4 is 34.1 Å². The number of aromatic hydroxyl groups is 1. The number of anilines is 1. The summed E-state index contributed by atoms with van der Waals surface area (Å²) in [5, 5.41) is 22.8. The lowest BCUT2D eigenvalue weighted by Gasteiger charge is -2.28. The van der Waals surface area contributed by atoms with Crippen LogP contribution in [0, 0.1) is 6.92 Å². The van der Waals surface area contributed by atoms with Crippen molar-refractivity contribution in [2.75, 3.05) is 16.8 Å². The highest BCUT2D eigenvalue weighted by Crippen LogP contribution is 2.40. The van der Waals surface area contributed by atoms with Crippen molar-refractivity contribution in [3.63, 3.8) is 0 Å². The lowest BCUT2D eigenvalue weighted by Crippen LogP contribution is -2.18. The first-order chi connectivity index (χ1) is 13.4. The molecule has 2 N–H and O–H groups in total. The molecule has 0 saturated heterocycles. The van der Waals surface area contributed by atoms with Gasteiger partial charge in [0.05, 0.1) is 5.75 Å². The van der Waals surface area contributed by atoms with Crippen molar-refractivity contribution in [2.45, 2.75) is 72.1 Å². The molecule has 2 rings (SSSR count). The maximum absolute atomic E-state index is 12.0. The van der Waals surface area contributed by atoms with Crippen LogP contribution < -0.4 is 5.32 Å². The predicted molar refractivity (Wildman–Crippen MR) is 124 cm³/mol. The number of thioether (sulfide) groups is 1. The average molecular weight is 436 g/mol. The van der Waals surface area contributed by atoms with Gasteiger partial charge in [0.1, 0.15) is 10.8 Å². The van der Waals surface area contributed by atoms with E-state index in [0.717, 1.165) is 34.7 Å². The Kier molecular flexibility index (Phi) is 7.74. The van der Waals surface area contributed by atoms with E-state index in [4.69, 9.17) is 0 Å². The maximum atomic E-state index is 12.0. The number of aryl methyl sites for hydroxylation is 2. The number of hydrogen-bond acceptors (Lipinski definition) is 6. The predicted octanol–water partition coefficient (Wildman–Crippen LogP) is 5.45. The van der Waals surface area contributed by atoms with Crippen LogP contribution in [0.25, 0.3) is 0 Å². The normalized spacial score (nSPS) is 12.2. The summed E-state index contributed by atoms with van der Waals surface area (Å²) in [5.74, 6) is 1.70. The summed E-state index contributed by atoms with van der Waals surface area (Å²) < 4.78 is 0. The summed E-state index contributed by atoms with van der Waals surface area (Å²) in [6.07, 6.45) is 1.91. The molecule has 0 aliphatic rings. The number of nitrogens with one attached hydrogen (secondary N) is 1. The molecule has 0 fully saturated rings. The van der Waals surface area contributed by atoms with E-state index in [1.165, 1.54) is 16.9 Å². The number of carbonyl (C=O) groups is 1. The molecule has 160 valence electrons. The molecule has 29 heavy (non-hydrogen) atoms. The summed E-state index contributed by atoms with van der Waals surface area (Å²) in [5.41, 5.74) is 3.01. The molecule has 7 heteroatoms. The second-order valence-electron chi connectivity index (χ2n) is 9.37. The number of nitrogens with zero attached hydrogens (tertiary/aromatic N) is 2. The highest BCUT2D eigenvalue weighted by atomic mass is 32.2. The number of hydrogen-bond donors (Lipinski definition) is 2. The molecule has 0 bridgehead atoms. The lowest BCUT2D eigenvalue weighted by atomic mass is 9.78. The second kappa shape index (κ2) is 9.47. The number of carbonyl (C=O) groups excluding carboxylic acids is 1. The summed E-state index contributed by atoms with van der Waals surface area (Å²) in [6, 6.07) is 4.28. The minimum absolute atomic E-state index is 0.0409. The summed E-state index contributed by atoms with van der Waals surface area (Å²) >= 11 is 3.01. The largest absolute Gasteiger partial charge is 0.507 e. The molecule has 0 unspecified atom stereocenters. The SMILES string of the molecule is Cc1nnc(NC(=O)CSCCCc2cc(C(C)(C)C)c(O)c(C(C)(C)C)c2)s1. The van der Waals surface area contributed by atoms with Crippen LogP contribution in [0.3, 0.4) is 0 Å². The smallest absolute Gasteiger partial charge is 0.236 e. The Morgan fingerprint density at radius 1 is 1.10 bits per heavy atom. The Morgan fingerprint density at radius 2 is 1.69 bits per heavy atom. The summed E-state index contributed by atoms with van der Waals surface area (Å²) in [7, 11) is 0. The molecule has 5 nitrogen and oxygen atoms in total. The molecule has 0 saturated carbocycles. The number of amides is 1. The molecule has 1 heterocycles. The van der Waals surface area contributed by atoms with Crippen LogP contribution in [-0.2, 0) is 22.0 Å². The van der Waals surface area contributed by atoms with Gasteiger partial charge >= 0.3 is 0 Å². The Bertz CT molecular complexity index is 813. The first-order valence-corrected chi connectivity index (χ1v) is 11.9. The zero-order valence-electron chi connectivity index (χ0n) is 18.5. The first kappa shape index (κ1) is 23.7. The van der Waals surface area contributed by atoms with Crippen molar-refractivity contribution in [1.82, 2.24) is 10.2 Å². The standard InChI is InChI=1S/C22H33N3O2S2/c1-14-24-25-20(29-14)23-18(26)13-28-10-8-9-15-11-16(21(2,3)4)19(27)17(12-15)22(5,6)7/h11-12,27H,8-10,13H2,1-7H3,(H,23,25,26). The Morgan fingerprint density at radius 3 is 2.17 bits per heavy atom. The van der Waals surface area contributed by atoms with Gasteiger partial charge in [-0.2, -0.15) is 11.8 Å². The van der Waals surface area contributed by atoms with E-state index in [-0.39, 0.29) is 16.7 Å². The molecule has 1 amide bonds. The van der Waals surface area contributed by atoms with E-state index >= 15 is 0 Å². The van der Waals surface area contributed by atoms with Crippen LogP contribution >= 0.6 is 23.1 Å². The van der Waals surface area contributed by atoms with Gasteiger partial charge in [0.2, 0.25) is 11.0 Å². The van der Waals surface area contributed by atoms with Gasteiger partial charge in [-0.05, 0) is 53.0 Å². The van der Waals surface area contributed by atoms with E-state index in [9.17, 15) is 9.90 Å². The average Bonchev–Trinajstić information content (AvgIpc) is 2.98. The Hall–Kier alpha value is -1.60. The van der Waals surface area contributed by atoms with Crippen LogP contribution in [0.15, 0.2) is 12.1 Å². The van der Waals surface area contributed by atoms with Crippen molar-refractivity contribution in [1.29, 1.82) is 0 Å². The number of phenols is 1. The Balaban J connectivity index is 1.92. The fourth-order valence-electron chi connectivity index (χ4n) is 3.03. The van der Waals surface area contributed by atoms with Crippen molar-refractivity contribution in [3.05, 3.63) is 33.8 Å². The molecular formula is C22H33N3O2S2. The minimum Gasteiger partial charge on any atom is -0.507 e. The monoisotopic (exact) mass is 435 g/mol. The summed E-state index contributed by atoms with van der Waals surface area (Å²) in [4.78, 5) is 12.0. The van der Waals surface area contributed by atoms with Crippen LogP contribution in [0.5, 0.6) is 5.75 Å². The number of aromatic nitrogens is 2. The molecular weight excluding hydrogens is 402 g/mol. The van der Waals surface area contributed by atoms with E-state index in [0.29, 0.717) is 16.6 Å². The van der Waals surface area contributed by atoms with Gasteiger partial charge in [-0.1, -0.05) is 65.0 Å². The molecule has 1 aromatic heterocycles. The first-order valence-electron chi connectivity index (χ1n) is 9.92. The quantitative estimate of drug-likeness (QED) is 0.566. The van der Waals surface area contributed by atoms with Gasteiger partial charge in [-0.25, -0.2) is 0 Å². The lowest BCUT2D eigenvalue weighted by molar-refractivity contribution is -0.113. The van der Waals surface area contributed by atoms with Gasteiger partial charge < -0.3 is 5.11 Å². The zero-order valence-corrected chi connectivity index (χ0v) is 20.2. The van der Waals surface area contributed by atoms with E-state index in [1.807, 2.05) is 6.92 Å². The van der Waals surface area contributed by atoms with Crippen LogP contribution in [0.1, 0.15) is 69.7 Å². The molecule has 0 spiro atoms. The number of phenolic OH excluding ortho intramolecular Hbond substituents is 1.